The summed E-state index contributed by atoms with van der Waals surface area (Å²) in [4.78, 5) is 0. The van der Waals surface area contributed by atoms with Gasteiger partial charge in [-0.3, -0.25) is 0 Å². The van der Waals surface area contributed by atoms with E-state index in [1.807, 2.05) is 0 Å². The highest BCUT2D eigenvalue weighted by molar-refractivity contribution is 7.62. The van der Waals surface area contributed by atoms with Gasteiger partial charge < -0.3 is 4.43 Å². The van der Waals surface area contributed by atoms with E-state index < -0.39 is 6.25 Å². The molecule has 0 aromatic heterocycles. The lowest BCUT2D eigenvalue weighted by Gasteiger charge is -2.13. The minimum atomic E-state index is -2.95. The summed E-state index contributed by atoms with van der Waals surface area (Å²) in [6.45, 7) is 5.72. The van der Waals surface area contributed by atoms with Gasteiger partial charge in [0.25, 0.3) is 0 Å². The van der Waals surface area contributed by atoms with Crippen LogP contribution in [0.15, 0.2) is 12.3 Å². The normalized spacial score (nSPS) is 11.3. The standard InChI is InChI=1S/C6H11Cl3OSi/c1-3-4-5-6(2)10-11(7,8)9/h2-5H2,1H3. The molecule has 0 aromatic carbocycles. The van der Waals surface area contributed by atoms with Crippen molar-refractivity contribution in [1.82, 2.24) is 0 Å². The van der Waals surface area contributed by atoms with Crippen LogP contribution in [0, 0.1) is 0 Å². The third kappa shape index (κ3) is 8.53. The zero-order chi connectivity index (χ0) is 8.91. The molecule has 0 fully saturated rings. The zero-order valence-electron chi connectivity index (χ0n) is 6.37. The van der Waals surface area contributed by atoms with E-state index in [1.165, 1.54) is 0 Å². The third-order valence-corrected chi connectivity index (χ3v) is 2.28. The van der Waals surface area contributed by atoms with E-state index >= 15 is 0 Å². The van der Waals surface area contributed by atoms with E-state index in [0.29, 0.717) is 5.76 Å². The molecule has 0 amide bonds. The van der Waals surface area contributed by atoms with E-state index in [-0.39, 0.29) is 0 Å². The Kier molecular flexibility index (Phi) is 5.61. The van der Waals surface area contributed by atoms with Crippen LogP contribution in [0.5, 0.6) is 0 Å². The third-order valence-electron chi connectivity index (χ3n) is 1.07. The average Bonchev–Trinajstić information content (AvgIpc) is 1.79. The van der Waals surface area contributed by atoms with Crippen LogP contribution in [0.25, 0.3) is 0 Å². The molecule has 0 unspecified atom stereocenters. The number of rotatable bonds is 5. The number of allylic oxidation sites excluding steroid dienone is 1. The zero-order valence-corrected chi connectivity index (χ0v) is 9.64. The van der Waals surface area contributed by atoms with Gasteiger partial charge in [0.1, 0.15) is 0 Å². The molecule has 66 valence electrons. The van der Waals surface area contributed by atoms with Gasteiger partial charge >= 0.3 is 6.25 Å². The van der Waals surface area contributed by atoms with E-state index in [4.69, 9.17) is 37.7 Å². The highest BCUT2D eigenvalue weighted by Crippen LogP contribution is 2.25. The molecule has 0 N–H and O–H groups in total. The molecule has 0 heterocycles. The van der Waals surface area contributed by atoms with Crippen molar-refractivity contribution in [2.24, 2.45) is 0 Å². The van der Waals surface area contributed by atoms with Crippen molar-refractivity contribution in [3.63, 3.8) is 0 Å². The maximum atomic E-state index is 5.49. The SMILES string of the molecule is C=C(CCCC)O[Si](Cl)(Cl)Cl. The topological polar surface area (TPSA) is 9.23 Å². The molecule has 0 radical (unpaired) electrons. The maximum absolute atomic E-state index is 5.49. The average molecular weight is 234 g/mol. The molecule has 0 aliphatic carbocycles. The highest BCUT2D eigenvalue weighted by atomic mass is 35.8. The summed E-state index contributed by atoms with van der Waals surface area (Å²) in [5.74, 6) is 0.582. The van der Waals surface area contributed by atoms with Crippen LogP contribution in [0.1, 0.15) is 26.2 Å². The Morgan fingerprint density at radius 1 is 1.45 bits per heavy atom. The maximum Gasteiger partial charge on any atom is 0.555 e. The molecule has 1 nitrogen and oxygen atoms in total. The number of hydrogen-bond donors (Lipinski definition) is 0. The van der Waals surface area contributed by atoms with E-state index in [9.17, 15) is 0 Å². The van der Waals surface area contributed by atoms with Gasteiger partial charge in [0.2, 0.25) is 0 Å². The van der Waals surface area contributed by atoms with Crippen LogP contribution in [0.4, 0.5) is 0 Å². The Morgan fingerprint density at radius 2 is 2.00 bits per heavy atom. The van der Waals surface area contributed by atoms with Gasteiger partial charge in [0, 0.05) is 6.42 Å². The lowest BCUT2D eigenvalue weighted by atomic mass is 10.2. The molecule has 0 aromatic rings. The van der Waals surface area contributed by atoms with Gasteiger partial charge in [-0.2, -0.15) is 0 Å². The van der Waals surface area contributed by atoms with Crippen LogP contribution in [0.3, 0.4) is 0 Å². The summed E-state index contributed by atoms with van der Waals surface area (Å²) in [6.07, 6.45) is -0.0690. The van der Waals surface area contributed by atoms with Crippen LogP contribution in [-0.4, -0.2) is 6.25 Å². The van der Waals surface area contributed by atoms with Gasteiger partial charge in [-0.05, 0) is 6.42 Å². The van der Waals surface area contributed by atoms with Crippen LogP contribution < -0.4 is 0 Å². The number of unbranched alkanes of at least 4 members (excludes halogenated alkanes) is 1. The predicted molar refractivity (Wildman–Crippen MR) is 53.1 cm³/mol. The largest absolute Gasteiger partial charge is 0.555 e. The fourth-order valence-corrected chi connectivity index (χ4v) is 2.00. The molecule has 0 aliphatic heterocycles. The molecular weight excluding hydrogens is 223 g/mol. The monoisotopic (exact) mass is 232 g/mol. The first kappa shape index (κ1) is 11.6. The van der Waals surface area contributed by atoms with Crippen LogP contribution >= 0.6 is 33.2 Å². The number of halogens is 3. The summed E-state index contributed by atoms with van der Waals surface area (Å²) >= 11 is 16.5. The molecule has 0 spiro atoms. The first-order chi connectivity index (χ1) is 4.95. The lowest BCUT2D eigenvalue weighted by Crippen LogP contribution is -2.15. The molecule has 0 rings (SSSR count). The number of hydrogen-bond acceptors (Lipinski definition) is 1. The first-order valence-corrected chi connectivity index (χ1v) is 8.33. The second-order valence-electron chi connectivity index (χ2n) is 2.19. The second-order valence-corrected chi connectivity index (χ2v) is 9.82. The van der Waals surface area contributed by atoms with E-state index in [0.717, 1.165) is 19.3 Å². The van der Waals surface area contributed by atoms with Gasteiger partial charge in [-0.25, -0.2) is 0 Å². The summed E-state index contributed by atoms with van der Waals surface area (Å²) in [5.41, 5.74) is 0. The van der Waals surface area contributed by atoms with Crippen molar-refractivity contribution in [1.29, 1.82) is 0 Å². The van der Waals surface area contributed by atoms with Crippen molar-refractivity contribution in [2.75, 3.05) is 0 Å². The van der Waals surface area contributed by atoms with Crippen LogP contribution in [-0.2, 0) is 4.43 Å². The predicted octanol–water partition coefficient (Wildman–Crippen LogP) is 3.86. The molecule has 0 saturated carbocycles. The molecule has 0 atom stereocenters. The smallest absolute Gasteiger partial charge is 0.512 e. The highest BCUT2D eigenvalue weighted by Gasteiger charge is 2.30. The molecule has 0 aliphatic rings. The van der Waals surface area contributed by atoms with Crippen molar-refractivity contribution in [3.05, 3.63) is 12.3 Å². The summed E-state index contributed by atoms with van der Waals surface area (Å²) in [7, 11) is 0. The fraction of sp³-hybridized carbons (Fsp3) is 0.667. The minimum Gasteiger partial charge on any atom is -0.512 e. The van der Waals surface area contributed by atoms with Gasteiger partial charge in [-0.1, -0.05) is 53.2 Å². The molecule has 0 saturated heterocycles. The van der Waals surface area contributed by atoms with E-state index in [2.05, 4.69) is 13.5 Å². The molecule has 0 bridgehead atoms. The Balaban J connectivity index is 3.53. The Bertz CT molecular complexity index is 132. The Labute approximate surface area is 82.5 Å². The van der Waals surface area contributed by atoms with Crippen molar-refractivity contribution >= 4 is 39.5 Å². The second kappa shape index (κ2) is 5.30. The van der Waals surface area contributed by atoms with Crippen molar-refractivity contribution < 1.29 is 4.43 Å². The lowest BCUT2D eigenvalue weighted by molar-refractivity contribution is 0.424. The first-order valence-electron chi connectivity index (χ1n) is 3.39. The molecule has 5 heteroatoms. The van der Waals surface area contributed by atoms with Crippen molar-refractivity contribution in [2.45, 2.75) is 26.2 Å². The quantitative estimate of drug-likeness (QED) is 0.398. The summed E-state index contributed by atoms with van der Waals surface area (Å²) in [5, 5.41) is 0. The van der Waals surface area contributed by atoms with E-state index in [1.54, 1.807) is 0 Å². The van der Waals surface area contributed by atoms with Gasteiger partial charge in [-0.15, -0.1) is 0 Å². The van der Waals surface area contributed by atoms with Crippen molar-refractivity contribution in [3.8, 4) is 0 Å². The Morgan fingerprint density at radius 3 is 2.36 bits per heavy atom. The Hall–Kier alpha value is 0.627. The molecular formula is C6H11Cl3OSi. The van der Waals surface area contributed by atoms with Gasteiger partial charge in [0.05, 0.1) is 5.76 Å². The van der Waals surface area contributed by atoms with Crippen LogP contribution in [0.2, 0.25) is 0 Å². The summed E-state index contributed by atoms with van der Waals surface area (Å²) in [6, 6.07) is 0. The minimum absolute atomic E-state index is 0.582. The van der Waals surface area contributed by atoms with Gasteiger partial charge in [0.15, 0.2) is 0 Å². The molecule has 11 heavy (non-hydrogen) atoms. The summed E-state index contributed by atoms with van der Waals surface area (Å²) < 4.78 is 4.98. The fourth-order valence-electron chi connectivity index (χ4n) is 0.589.